The van der Waals surface area contributed by atoms with Crippen molar-refractivity contribution in [3.8, 4) is 0 Å². The number of hydrogen-bond acceptors (Lipinski definition) is 4. The van der Waals surface area contributed by atoms with Crippen molar-refractivity contribution in [3.63, 3.8) is 0 Å². The molecule has 1 fully saturated rings. The molecule has 0 amide bonds. The second-order valence-corrected chi connectivity index (χ2v) is 7.57. The van der Waals surface area contributed by atoms with E-state index in [1.54, 1.807) is 0 Å². The number of nitrogens with zero attached hydrogens (tertiary/aromatic N) is 2. The second kappa shape index (κ2) is 6.77. The highest BCUT2D eigenvalue weighted by molar-refractivity contribution is 7.89. The first-order chi connectivity index (χ1) is 9.85. The second-order valence-electron chi connectivity index (χ2n) is 5.84. The first-order valence-electron chi connectivity index (χ1n) is 7.40. The monoisotopic (exact) mass is 311 g/mol. The topological polar surface area (TPSA) is 66.6 Å². The summed E-state index contributed by atoms with van der Waals surface area (Å²) in [4.78, 5) is 4.73. The van der Waals surface area contributed by atoms with Crippen molar-refractivity contribution in [1.29, 1.82) is 0 Å². The molecule has 1 aromatic carbocycles. The molecule has 0 atom stereocenters. The van der Waals surface area contributed by atoms with Gasteiger partial charge in [0, 0.05) is 31.9 Å². The lowest BCUT2D eigenvalue weighted by molar-refractivity contribution is 0.258. The van der Waals surface area contributed by atoms with Crippen molar-refractivity contribution in [2.45, 2.75) is 20.3 Å². The Hall–Kier alpha value is -1.11. The maximum Gasteiger partial charge on any atom is 0.209 e. The van der Waals surface area contributed by atoms with Crippen LogP contribution in [-0.2, 0) is 10.0 Å². The number of benzene rings is 1. The van der Waals surface area contributed by atoms with Gasteiger partial charge in [0.2, 0.25) is 10.0 Å². The van der Waals surface area contributed by atoms with Crippen molar-refractivity contribution in [2.75, 3.05) is 43.4 Å². The van der Waals surface area contributed by atoms with Crippen LogP contribution in [0.3, 0.4) is 0 Å². The fraction of sp³-hybridized carbons (Fsp3) is 0.600. The quantitative estimate of drug-likeness (QED) is 0.884. The zero-order valence-corrected chi connectivity index (χ0v) is 13.7. The SMILES string of the molecule is Cc1ccc(C)c(N2CCN(CCCS(N)(=O)=O)CC2)c1. The first kappa shape index (κ1) is 16.3. The lowest BCUT2D eigenvalue weighted by atomic mass is 10.1. The largest absolute Gasteiger partial charge is 0.369 e. The van der Waals surface area contributed by atoms with Crippen molar-refractivity contribution >= 4 is 15.7 Å². The summed E-state index contributed by atoms with van der Waals surface area (Å²) >= 11 is 0. The molecular formula is C15H25N3O2S. The predicted octanol–water partition coefficient (Wildman–Crippen LogP) is 1.10. The third-order valence-electron chi connectivity index (χ3n) is 3.98. The van der Waals surface area contributed by atoms with E-state index < -0.39 is 10.0 Å². The Bertz CT molecular complexity index is 579. The summed E-state index contributed by atoms with van der Waals surface area (Å²) < 4.78 is 21.9. The molecule has 0 bridgehead atoms. The van der Waals surface area contributed by atoms with Crippen LogP contribution in [0.1, 0.15) is 17.5 Å². The van der Waals surface area contributed by atoms with Gasteiger partial charge in [-0.25, -0.2) is 13.6 Å². The van der Waals surface area contributed by atoms with E-state index in [4.69, 9.17) is 5.14 Å². The van der Waals surface area contributed by atoms with E-state index in [0.29, 0.717) is 6.42 Å². The molecule has 0 aliphatic carbocycles. The first-order valence-corrected chi connectivity index (χ1v) is 9.12. The number of rotatable bonds is 5. The van der Waals surface area contributed by atoms with Gasteiger partial charge in [-0.1, -0.05) is 12.1 Å². The third-order valence-corrected chi connectivity index (χ3v) is 4.84. The lowest BCUT2D eigenvalue weighted by Crippen LogP contribution is -2.47. The van der Waals surface area contributed by atoms with Gasteiger partial charge in [0.25, 0.3) is 0 Å². The molecule has 0 saturated carbocycles. The molecule has 1 aliphatic rings. The number of sulfonamides is 1. The van der Waals surface area contributed by atoms with Crippen molar-refractivity contribution in [2.24, 2.45) is 5.14 Å². The van der Waals surface area contributed by atoms with Crippen molar-refractivity contribution in [3.05, 3.63) is 29.3 Å². The molecular weight excluding hydrogens is 286 g/mol. The summed E-state index contributed by atoms with van der Waals surface area (Å²) in [6.45, 7) is 8.98. The summed E-state index contributed by atoms with van der Waals surface area (Å²) in [5.74, 6) is 0.0736. The highest BCUT2D eigenvalue weighted by Crippen LogP contribution is 2.22. The third kappa shape index (κ3) is 4.98. The number of primary sulfonamides is 1. The Morgan fingerprint density at radius 3 is 2.43 bits per heavy atom. The van der Waals surface area contributed by atoms with E-state index in [2.05, 4.69) is 41.8 Å². The van der Waals surface area contributed by atoms with Gasteiger partial charge in [-0.2, -0.15) is 0 Å². The Morgan fingerprint density at radius 1 is 1.14 bits per heavy atom. The van der Waals surface area contributed by atoms with Gasteiger partial charge in [0.15, 0.2) is 0 Å². The van der Waals surface area contributed by atoms with Crippen LogP contribution in [0.25, 0.3) is 0 Å². The molecule has 118 valence electrons. The average Bonchev–Trinajstić information content (AvgIpc) is 2.41. The van der Waals surface area contributed by atoms with Gasteiger partial charge < -0.3 is 4.90 Å². The minimum absolute atomic E-state index is 0.0736. The van der Waals surface area contributed by atoms with E-state index in [-0.39, 0.29) is 5.75 Å². The molecule has 1 saturated heterocycles. The summed E-state index contributed by atoms with van der Waals surface area (Å²) in [6.07, 6.45) is 0.613. The molecule has 0 radical (unpaired) electrons. The van der Waals surface area contributed by atoms with E-state index in [1.807, 2.05) is 0 Å². The normalized spacial score (nSPS) is 17.2. The van der Waals surface area contributed by atoms with Gasteiger partial charge in [0.05, 0.1) is 5.75 Å². The van der Waals surface area contributed by atoms with Gasteiger partial charge in [0.1, 0.15) is 0 Å². The number of hydrogen-bond donors (Lipinski definition) is 1. The van der Waals surface area contributed by atoms with E-state index in [1.165, 1.54) is 16.8 Å². The molecule has 2 N–H and O–H groups in total. The van der Waals surface area contributed by atoms with Gasteiger partial charge in [-0.3, -0.25) is 4.90 Å². The highest BCUT2D eigenvalue weighted by atomic mass is 32.2. The fourth-order valence-electron chi connectivity index (χ4n) is 2.76. The number of nitrogens with two attached hydrogens (primary N) is 1. The van der Waals surface area contributed by atoms with Gasteiger partial charge in [-0.15, -0.1) is 0 Å². The average molecular weight is 311 g/mol. The molecule has 1 aliphatic heterocycles. The van der Waals surface area contributed by atoms with Crippen LogP contribution in [0.2, 0.25) is 0 Å². The van der Waals surface area contributed by atoms with E-state index >= 15 is 0 Å². The summed E-state index contributed by atoms with van der Waals surface area (Å²) in [5.41, 5.74) is 3.91. The molecule has 5 nitrogen and oxygen atoms in total. The summed E-state index contributed by atoms with van der Waals surface area (Å²) in [6, 6.07) is 6.55. The zero-order chi connectivity index (χ0) is 15.5. The van der Waals surface area contributed by atoms with Crippen molar-refractivity contribution < 1.29 is 8.42 Å². The lowest BCUT2D eigenvalue weighted by Gasteiger charge is -2.37. The predicted molar refractivity (Wildman–Crippen MR) is 87.2 cm³/mol. The molecule has 1 aromatic rings. The van der Waals surface area contributed by atoms with Crippen LogP contribution in [-0.4, -0.2) is 51.8 Å². The van der Waals surface area contributed by atoms with E-state index in [0.717, 1.165) is 32.7 Å². The molecule has 0 unspecified atom stereocenters. The maximum atomic E-state index is 10.9. The standard InChI is InChI=1S/C15H25N3O2S/c1-13-4-5-14(2)15(12-13)18-9-7-17(8-10-18)6-3-11-21(16,19)20/h4-5,12H,3,6-11H2,1-2H3,(H2,16,19,20). The highest BCUT2D eigenvalue weighted by Gasteiger charge is 2.18. The maximum absolute atomic E-state index is 10.9. The molecule has 1 heterocycles. The Kier molecular flexibility index (Phi) is 5.24. The van der Waals surface area contributed by atoms with Crippen LogP contribution in [0.4, 0.5) is 5.69 Å². The molecule has 6 heteroatoms. The van der Waals surface area contributed by atoms with Gasteiger partial charge in [-0.05, 0) is 44.0 Å². The Balaban J connectivity index is 1.84. The Labute approximate surface area is 127 Å². The van der Waals surface area contributed by atoms with Crippen molar-refractivity contribution in [1.82, 2.24) is 4.90 Å². The van der Waals surface area contributed by atoms with Crippen LogP contribution in [0.15, 0.2) is 18.2 Å². The minimum atomic E-state index is -3.33. The summed E-state index contributed by atoms with van der Waals surface area (Å²) in [7, 11) is -3.33. The minimum Gasteiger partial charge on any atom is -0.369 e. The van der Waals surface area contributed by atoms with Crippen LogP contribution in [0, 0.1) is 13.8 Å². The zero-order valence-electron chi connectivity index (χ0n) is 12.9. The Morgan fingerprint density at radius 2 is 1.81 bits per heavy atom. The number of anilines is 1. The number of aryl methyl sites for hydroxylation is 2. The van der Waals surface area contributed by atoms with Gasteiger partial charge >= 0.3 is 0 Å². The van der Waals surface area contributed by atoms with Crippen LogP contribution >= 0.6 is 0 Å². The smallest absolute Gasteiger partial charge is 0.209 e. The molecule has 2 rings (SSSR count). The van der Waals surface area contributed by atoms with Crippen LogP contribution < -0.4 is 10.0 Å². The molecule has 0 spiro atoms. The number of piperazine rings is 1. The summed E-state index contributed by atoms with van der Waals surface area (Å²) in [5, 5.41) is 5.03. The fourth-order valence-corrected chi connectivity index (χ4v) is 3.29. The van der Waals surface area contributed by atoms with E-state index in [9.17, 15) is 8.42 Å². The molecule has 0 aromatic heterocycles. The molecule has 21 heavy (non-hydrogen) atoms. The van der Waals surface area contributed by atoms with Crippen LogP contribution in [0.5, 0.6) is 0 Å².